The van der Waals surface area contributed by atoms with Gasteiger partial charge < -0.3 is 9.64 Å². The Balaban J connectivity index is 2.05. The van der Waals surface area contributed by atoms with Gasteiger partial charge in [-0.2, -0.15) is 5.26 Å². The quantitative estimate of drug-likeness (QED) is 0.570. The fraction of sp³-hybridized carbons (Fsp3) is 0.105. The van der Waals surface area contributed by atoms with E-state index in [2.05, 4.69) is 11.1 Å². The number of halogens is 1. The highest BCUT2D eigenvalue weighted by Gasteiger charge is 2.19. The van der Waals surface area contributed by atoms with E-state index in [0.29, 0.717) is 27.9 Å². The molecule has 0 radical (unpaired) electrons. The first-order valence-electron chi connectivity index (χ1n) is 7.67. The molecule has 7 heteroatoms. The first-order chi connectivity index (χ1) is 12.7. The Kier molecular flexibility index (Phi) is 5.52. The van der Waals surface area contributed by atoms with E-state index in [9.17, 15) is 4.79 Å². The molecule has 0 aliphatic heterocycles. The van der Waals surface area contributed by atoms with Gasteiger partial charge in [0.1, 0.15) is 15.8 Å². The van der Waals surface area contributed by atoms with Crippen LogP contribution in [0.4, 0.5) is 10.8 Å². The summed E-state index contributed by atoms with van der Waals surface area (Å²) in [4.78, 5) is 17.4. The number of nitriles is 1. The number of aromatic nitrogens is 1. The average Bonchev–Trinajstić information content (AvgIpc) is 3.07. The lowest BCUT2D eigenvalue weighted by Gasteiger charge is -2.23. The van der Waals surface area contributed by atoms with Crippen LogP contribution in [-0.2, 0) is 6.54 Å². The molecule has 1 aromatic heterocycles. The first-order valence-corrected chi connectivity index (χ1v) is 8.86. The zero-order valence-electron chi connectivity index (χ0n) is 13.8. The van der Waals surface area contributed by atoms with Gasteiger partial charge in [0.15, 0.2) is 11.4 Å². The first kappa shape index (κ1) is 17.9. The molecule has 0 amide bonds. The molecule has 0 spiro atoms. The number of carbonyl (C=O) groups excluding carboxylic acids is 1. The van der Waals surface area contributed by atoms with Crippen LogP contribution in [0.1, 0.15) is 21.6 Å². The van der Waals surface area contributed by atoms with Crippen molar-refractivity contribution in [1.82, 2.24) is 4.98 Å². The number of hydrogen-bond acceptors (Lipinski definition) is 6. The number of benzene rings is 2. The molecular weight excluding hydrogens is 370 g/mol. The minimum absolute atomic E-state index is 0.213. The number of methoxy groups -OCH3 is 1. The van der Waals surface area contributed by atoms with E-state index in [-0.39, 0.29) is 5.69 Å². The molecule has 0 saturated heterocycles. The van der Waals surface area contributed by atoms with Crippen molar-refractivity contribution in [3.63, 3.8) is 0 Å². The Bertz CT molecular complexity index is 964. The largest absolute Gasteiger partial charge is 0.496 e. The molecule has 130 valence electrons. The van der Waals surface area contributed by atoms with Crippen LogP contribution in [0.3, 0.4) is 0 Å². The number of rotatable bonds is 6. The standard InChI is InChI=1S/C19H14ClN3O2S/c1-25-17-5-3-2-4-14(17)11-23(15-8-6-13(10-21)7-9-15)19-22-16(12-24)18(20)26-19/h2-9,12H,11H2,1H3. The van der Waals surface area contributed by atoms with E-state index >= 15 is 0 Å². The van der Waals surface area contributed by atoms with Crippen LogP contribution >= 0.6 is 22.9 Å². The molecule has 0 aliphatic rings. The summed E-state index contributed by atoms with van der Waals surface area (Å²) in [6.07, 6.45) is 0.641. The van der Waals surface area contributed by atoms with Crippen LogP contribution in [0.15, 0.2) is 48.5 Å². The molecule has 0 bridgehead atoms. The van der Waals surface area contributed by atoms with E-state index in [1.165, 1.54) is 11.3 Å². The van der Waals surface area contributed by atoms with Crippen LogP contribution < -0.4 is 9.64 Å². The Morgan fingerprint density at radius 1 is 1.27 bits per heavy atom. The maximum absolute atomic E-state index is 11.1. The van der Waals surface area contributed by atoms with E-state index in [1.807, 2.05) is 41.3 Å². The number of para-hydroxylation sites is 1. The summed E-state index contributed by atoms with van der Waals surface area (Å²) in [6.45, 7) is 0.470. The Labute approximate surface area is 160 Å². The van der Waals surface area contributed by atoms with Crippen molar-refractivity contribution >= 4 is 40.0 Å². The van der Waals surface area contributed by atoms with Gasteiger partial charge in [0.25, 0.3) is 0 Å². The smallest absolute Gasteiger partial charge is 0.192 e. The van der Waals surface area contributed by atoms with Gasteiger partial charge in [-0.15, -0.1) is 0 Å². The van der Waals surface area contributed by atoms with Crippen LogP contribution in [0.2, 0.25) is 4.34 Å². The van der Waals surface area contributed by atoms with Crippen molar-refractivity contribution in [3.05, 3.63) is 69.7 Å². The second-order valence-corrected chi connectivity index (χ2v) is 6.91. The normalized spacial score (nSPS) is 10.2. The van der Waals surface area contributed by atoms with Crippen LogP contribution in [-0.4, -0.2) is 18.4 Å². The van der Waals surface area contributed by atoms with E-state index in [1.54, 1.807) is 19.2 Å². The van der Waals surface area contributed by atoms with Gasteiger partial charge in [0.2, 0.25) is 0 Å². The van der Waals surface area contributed by atoms with E-state index in [4.69, 9.17) is 21.6 Å². The van der Waals surface area contributed by atoms with Crippen molar-refractivity contribution in [3.8, 4) is 11.8 Å². The maximum Gasteiger partial charge on any atom is 0.192 e. The molecule has 3 rings (SSSR count). The van der Waals surface area contributed by atoms with Crippen molar-refractivity contribution in [1.29, 1.82) is 5.26 Å². The molecular formula is C19H14ClN3O2S. The lowest BCUT2D eigenvalue weighted by molar-refractivity contribution is 0.112. The lowest BCUT2D eigenvalue weighted by atomic mass is 10.1. The summed E-state index contributed by atoms with van der Waals surface area (Å²) >= 11 is 7.34. The number of carbonyl (C=O) groups is 1. The van der Waals surface area contributed by atoms with Gasteiger partial charge >= 0.3 is 0 Å². The molecule has 0 saturated carbocycles. The zero-order valence-corrected chi connectivity index (χ0v) is 15.4. The fourth-order valence-electron chi connectivity index (χ4n) is 2.48. The predicted molar refractivity (Wildman–Crippen MR) is 103 cm³/mol. The lowest BCUT2D eigenvalue weighted by Crippen LogP contribution is -2.17. The third-order valence-corrected chi connectivity index (χ3v) is 5.08. The van der Waals surface area contributed by atoms with Gasteiger partial charge in [0.05, 0.1) is 25.3 Å². The Morgan fingerprint density at radius 3 is 2.62 bits per heavy atom. The summed E-state index contributed by atoms with van der Waals surface area (Å²) in [5, 5.41) is 9.60. The molecule has 0 aliphatic carbocycles. The SMILES string of the molecule is COc1ccccc1CN(c1ccc(C#N)cc1)c1nc(C=O)c(Cl)s1. The maximum atomic E-state index is 11.1. The molecule has 0 atom stereocenters. The van der Waals surface area contributed by atoms with E-state index < -0.39 is 0 Å². The second-order valence-electron chi connectivity index (χ2n) is 5.33. The Hall–Kier alpha value is -2.88. The molecule has 1 heterocycles. The molecule has 5 nitrogen and oxygen atoms in total. The van der Waals surface area contributed by atoms with Crippen molar-refractivity contribution in [2.24, 2.45) is 0 Å². The minimum atomic E-state index is 0.213. The average molecular weight is 384 g/mol. The number of nitrogens with zero attached hydrogens (tertiary/aromatic N) is 3. The van der Waals surface area contributed by atoms with Gasteiger partial charge in [-0.05, 0) is 30.3 Å². The monoisotopic (exact) mass is 383 g/mol. The molecule has 2 aromatic carbocycles. The summed E-state index contributed by atoms with van der Waals surface area (Å²) in [5.41, 5.74) is 2.57. The van der Waals surface area contributed by atoms with Crippen LogP contribution in [0, 0.1) is 11.3 Å². The molecule has 0 fully saturated rings. The minimum Gasteiger partial charge on any atom is -0.496 e. The number of thiazole rings is 1. The van der Waals surface area contributed by atoms with Crippen LogP contribution in [0.5, 0.6) is 5.75 Å². The summed E-state index contributed by atoms with van der Waals surface area (Å²) < 4.78 is 5.78. The van der Waals surface area contributed by atoms with Gasteiger partial charge in [0, 0.05) is 11.3 Å². The summed E-state index contributed by atoms with van der Waals surface area (Å²) in [6, 6.07) is 16.9. The Morgan fingerprint density at radius 2 is 2.00 bits per heavy atom. The summed E-state index contributed by atoms with van der Waals surface area (Å²) in [5.74, 6) is 0.754. The number of ether oxygens (including phenoxy) is 1. The van der Waals surface area contributed by atoms with Crippen molar-refractivity contribution in [2.45, 2.75) is 6.54 Å². The third-order valence-electron chi connectivity index (χ3n) is 3.77. The highest BCUT2D eigenvalue weighted by molar-refractivity contribution is 7.19. The molecule has 26 heavy (non-hydrogen) atoms. The van der Waals surface area contributed by atoms with Gasteiger partial charge in [-0.1, -0.05) is 41.1 Å². The number of aldehydes is 1. The summed E-state index contributed by atoms with van der Waals surface area (Å²) in [7, 11) is 1.62. The topological polar surface area (TPSA) is 66.2 Å². The van der Waals surface area contributed by atoms with E-state index in [0.717, 1.165) is 17.0 Å². The molecule has 0 unspecified atom stereocenters. The number of hydrogen-bond donors (Lipinski definition) is 0. The predicted octanol–water partition coefficient (Wildman–Crippen LogP) is 4.83. The highest BCUT2D eigenvalue weighted by atomic mass is 35.5. The second kappa shape index (κ2) is 8.00. The van der Waals surface area contributed by atoms with Gasteiger partial charge in [-0.25, -0.2) is 4.98 Å². The third kappa shape index (κ3) is 3.69. The molecule has 0 N–H and O–H groups in total. The highest BCUT2D eigenvalue weighted by Crippen LogP contribution is 2.36. The van der Waals surface area contributed by atoms with Crippen LogP contribution in [0.25, 0.3) is 0 Å². The number of anilines is 2. The molecule has 3 aromatic rings. The fourth-order valence-corrected chi connectivity index (χ4v) is 3.56. The van der Waals surface area contributed by atoms with Crippen molar-refractivity contribution < 1.29 is 9.53 Å². The van der Waals surface area contributed by atoms with Crippen molar-refractivity contribution in [2.75, 3.05) is 12.0 Å². The van der Waals surface area contributed by atoms with Gasteiger partial charge in [-0.3, -0.25) is 4.79 Å². The zero-order chi connectivity index (χ0) is 18.5.